The lowest BCUT2D eigenvalue weighted by molar-refractivity contribution is 0.126. The van der Waals surface area contributed by atoms with Gasteiger partial charge in [-0.25, -0.2) is 4.98 Å². The standard InChI is InChI=1S/C15H26N4S/c1-2-5-18-6-8-19(9-7-18)11-14-12-20-15(17-14)10-16-13-3-4-13/h12-13,16H,2-11H2,1H3. The van der Waals surface area contributed by atoms with Crippen LogP contribution in [0.15, 0.2) is 5.38 Å². The number of nitrogens with one attached hydrogen (secondary N) is 1. The molecule has 20 heavy (non-hydrogen) atoms. The molecule has 0 aromatic carbocycles. The highest BCUT2D eigenvalue weighted by Crippen LogP contribution is 2.20. The van der Waals surface area contributed by atoms with Crippen LogP contribution in [0.4, 0.5) is 0 Å². The SMILES string of the molecule is CCCN1CCN(Cc2csc(CNC3CC3)n2)CC1. The molecule has 0 amide bonds. The Bertz CT molecular complexity index is 408. The predicted octanol–water partition coefficient (Wildman–Crippen LogP) is 1.92. The van der Waals surface area contributed by atoms with Crippen molar-refractivity contribution in [3.8, 4) is 0 Å². The van der Waals surface area contributed by atoms with Crippen LogP contribution in [0.2, 0.25) is 0 Å². The highest BCUT2D eigenvalue weighted by molar-refractivity contribution is 7.09. The van der Waals surface area contributed by atoms with Crippen LogP contribution in [0.1, 0.15) is 36.9 Å². The summed E-state index contributed by atoms with van der Waals surface area (Å²) in [5, 5.41) is 7.02. The number of aromatic nitrogens is 1. The third kappa shape index (κ3) is 4.25. The zero-order valence-electron chi connectivity index (χ0n) is 12.5. The highest BCUT2D eigenvalue weighted by atomic mass is 32.1. The van der Waals surface area contributed by atoms with Gasteiger partial charge in [0.25, 0.3) is 0 Å². The number of thiazole rings is 1. The second-order valence-corrected chi connectivity index (χ2v) is 6.95. The van der Waals surface area contributed by atoms with Crippen LogP contribution in [0.5, 0.6) is 0 Å². The van der Waals surface area contributed by atoms with Crippen molar-refractivity contribution in [3.05, 3.63) is 16.1 Å². The molecule has 1 saturated heterocycles. The smallest absolute Gasteiger partial charge is 0.107 e. The average Bonchev–Trinajstić information content (AvgIpc) is 3.19. The van der Waals surface area contributed by atoms with Crippen LogP contribution in [-0.4, -0.2) is 53.5 Å². The normalized spacial score (nSPS) is 21.4. The molecule has 1 aliphatic carbocycles. The van der Waals surface area contributed by atoms with Gasteiger partial charge in [0.15, 0.2) is 0 Å². The highest BCUT2D eigenvalue weighted by Gasteiger charge is 2.21. The van der Waals surface area contributed by atoms with Gasteiger partial charge in [0.2, 0.25) is 0 Å². The van der Waals surface area contributed by atoms with E-state index >= 15 is 0 Å². The lowest BCUT2D eigenvalue weighted by atomic mass is 10.3. The second-order valence-electron chi connectivity index (χ2n) is 6.01. The van der Waals surface area contributed by atoms with Crippen molar-refractivity contribution < 1.29 is 0 Å². The molecule has 2 fully saturated rings. The summed E-state index contributed by atoms with van der Waals surface area (Å²) in [5.74, 6) is 0. The fraction of sp³-hybridized carbons (Fsp3) is 0.800. The molecule has 4 nitrogen and oxygen atoms in total. The molecule has 5 heteroatoms. The first-order chi connectivity index (χ1) is 9.83. The van der Waals surface area contributed by atoms with E-state index in [1.807, 2.05) is 0 Å². The molecule has 3 rings (SSSR count). The van der Waals surface area contributed by atoms with Gasteiger partial charge >= 0.3 is 0 Å². The van der Waals surface area contributed by atoms with Gasteiger partial charge in [-0.2, -0.15) is 0 Å². The Morgan fingerprint density at radius 1 is 1.25 bits per heavy atom. The van der Waals surface area contributed by atoms with Crippen LogP contribution in [0.3, 0.4) is 0 Å². The summed E-state index contributed by atoms with van der Waals surface area (Å²) in [6.07, 6.45) is 3.96. The summed E-state index contributed by atoms with van der Waals surface area (Å²) < 4.78 is 0. The first-order valence-electron chi connectivity index (χ1n) is 7.95. The summed E-state index contributed by atoms with van der Waals surface area (Å²) in [6, 6.07) is 0.772. The molecule has 0 radical (unpaired) electrons. The fourth-order valence-corrected chi connectivity index (χ4v) is 3.47. The minimum absolute atomic E-state index is 0.772. The maximum Gasteiger partial charge on any atom is 0.107 e. The summed E-state index contributed by atoms with van der Waals surface area (Å²) in [4.78, 5) is 9.87. The van der Waals surface area contributed by atoms with Crippen molar-refractivity contribution in [2.24, 2.45) is 0 Å². The Labute approximate surface area is 126 Å². The van der Waals surface area contributed by atoms with Crippen LogP contribution >= 0.6 is 11.3 Å². The molecule has 0 unspecified atom stereocenters. The van der Waals surface area contributed by atoms with Gasteiger partial charge in [0.05, 0.1) is 5.69 Å². The van der Waals surface area contributed by atoms with Crippen molar-refractivity contribution in [3.63, 3.8) is 0 Å². The monoisotopic (exact) mass is 294 g/mol. The van der Waals surface area contributed by atoms with Crippen LogP contribution < -0.4 is 5.32 Å². The van der Waals surface area contributed by atoms with Gasteiger partial charge in [0, 0.05) is 50.7 Å². The molecule has 0 bridgehead atoms. The largest absolute Gasteiger partial charge is 0.308 e. The van der Waals surface area contributed by atoms with Crippen molar-refractivity contribution in [2.75, 3.05) is 32.7 Å². The average molecular weight is 294 g/mol. The van der Waals surface area contributed by atoms with E-state index in [0.717, 1.165) is 19.1 Å². The lowest BCUT2D eigenvalue weighted by Crippen LogP contribution is -2.46. The molecule has 112 valence electrons. The Morgan fingerprint density at radius 3 is 2.70 bits per heavy atom. The van der Waals surface area contributed by atoms with E-state index in [4.69, 9.17) is 4.98 Å². The molecule has 1 N–H and O–H groups in total. The van der Waals surface area contributed by atoms with Gasteiger partial charge in [-0.05, 0) is 25.8 Å². The lowest BCUT2D eigenvalue weighted by Gasteiger charge is -2.34. The van der Waals surface area contributed by atoms with E-state index < -0.39 is 0 Å². The van der Waals surface area contributed by atoms with E-state index in [2.05, 4.69) is 27.4 Å². The first kappa shape index (κ1) is 14.4. The summed E-state index contributed by atoms with van der Waals surface area (Å²) in [5.41, 5.74) is 1.26. The third-order valence-electron chi connectivity index (χ3n) is 4.11. The van der Waals surface area contributed by atoms with Crippen molar-refractivity contribution in [1.82, 2.24) is 20.1 Å². The molecule has 1 aromatic heterocycles. The fourth-order valence-electron chi connectivity index (χ4n) is 2.74. The molecular weight excluding hydrogens is 268 g/mol. The van der Waals surface area contributed by atoms with Crippen molar-refractivity contribution in [1.29, 1.82) is 0 Å². The van der Waals surface area contributed by atoms with E-state index in [1.54, 1.807) is 11.3 Å². The minimum Gasteiger partial charge on any atom is -0.308 e. The molecule has 2 aliphatic rings. The quantitative estimate of drug-likeness (QED) is 0.832. The minimum atomic E-state index is 0.772. The topological polar surface area (TPSA) is 31.4 Å². The Hall–Kier alpha value is -0.490. The Kier molecular flexibility index (Phi) is 5.04. The van der Waals surface area contributed by atoms with E-state index in [1.165, 1.54) is 62.7 Å². The Balaban J connectivity index is 1.41. The molecule has 1 aromatic rings. The maximum absolute atomic E-state index is 4.76. The number of nitrogens with zero attached hydrogens (tertiary/aromatic N) is 3. The molecule has 1 saturated carbocycles. The van der Waals surface area contributed by atoms with Gasteiger partial charge in [-0.1, -0.05) is 6.92 Å². The third-order valence-corrected chi connectivity index (χ3v) is 5.01. The molecule has 2 heterocycles. The van der Waals surface area contributed by atoms with Crippen LogP contribution in [0.25, 0.3) is 0 Å². The molecule has 0 spiro atoms. The van der Waals surface area contributed by atoms with Crippen molar-refractivity contribution >= 4 is 11.3 Å². The Morgan fingerprint density at radius 2 is 2.00 bits per heavy atom. The van der Waals surface area contributed by atoms with E-state index in [9.17, 15) is 0 Å². The predicted molar refractivity (Wildman–Crippen MR) is 84.0 cm³/mol. The number of hydrogen-bond donors (Lipinski definition) is 1. The van der Waals surface area contributed by atoms with E-state index in [0.29, 0.717) is 0 Å². The van der Waals surface area contributed by atoms with Crippen LogP contribution in [-0.2, 0) is 13.1 Å². The molecule has 1 aliphatic heterocycles. The summed E-state index contributed by atoms with van der Waals surface area (Å²) in [7, 11) is 0. The van der Waals surface area contributed by atoms with Crippen LogP contribution in [0, 0.1) is 0 Å². The summed E-state index contributed by atoms with van der Waals surface area (Å²) >= 11 is 1.81. The number of piperazine rings is 1. The molecular formula is C15H26N4S. The van der Waals surface area contributed by atoms with E-state index in [-0.39, 0.29) is 0 Å². The van der Waals surface area contributed by atoms with Gasteiger partial charge in [-0.3, -0.25) is 4.90 Å². The zero-order chi connectivity index (χ0) is 13.8. The number of hydrogen-bond acceptors (Lipinski definition) is 5. The van der Waals surface area contributed by atoms with Gasteiger partial charge in [-0.15, -0.1) is 11.3 Å². The second kappa shape index (κ2) is 6.98. The first-order valence-corrected chi connectivity index (χ1v) is 8.83. The summed E-state index contributed by atoms with van der Waals surface area (Å²) in [6.45, 7) is 10.3. The van der Waals surface area contributed by atoms with Gasteiger partial charge in [0.1, 0.15) is 5.01 Å². The zero-order valence-corrected chi connectivity index (χ0v) is 13.3. The maximum atomic E-state index is 4.76. The van der Waals surface area contributed by atoms with Crippen molar-refractivity contribution in [2.45, 2.75) is 45.3 Å². The molecule has 0 atom stereocenters. The van der Waals surface area contributed by atoms with Gasteiger partial charge < -0.3 is 10.2 Å². The number of rotatable bonds is 7.